The first-order chi connectivity index (χ1) is 12.0. The molecule has 4 rings (SSSR count). The summed E-state index contributed by atoms with van der Waals surface area (Å²) >= 11 is 1.59. The maximum absolute atomic E-state index is 11.9. The van der Waals surface area contributed by atoms with E-state index in [4.69, 9.17) is 9.68 Å². The second-order valence-electron chi connectivity index (χ2n) is 6.26. The Bertz CT molecular complexity index is 996. The van der Waals surface area contributed by atoms with Crippen molar-refractivity contribution in [2.24, 2.45) is 0 Å². The SMILES string of the molecule is Cc1ccc2nc(Cc3nnc(CC(=O)NC4(C#N)CC4)o3)sc2c1. The van der Waals surface area contributed by atoms with Gasteiger partial charge in [-0.15, -0.1) is 21.5 Å². The van der Waals surface area contributed by atoms with Crippen molar-refractivity contribution in [2.75, 3.05) is 0 Å². The fourth-order valence-electron chi connectivity index (χ4n) is 2.55. The molecule has 7 nitrogen and oxygen atoms in total. The number of nitriles is 1. The highest BCUT2D eigenvalue weighted by Gasteiger charge is 2.44. The monoisotopic (exact) mass is 353 g/mol. The predicted molar refractivity (Wildman–Crippen MR) is 90.9 cm³/mol. The molecule has 1 aromatic carbocycles. The summed E-state index contributed by atoms with van der Waals surface area (Å²) in [7, 11) is 0. The molecule has 1 amide bonds. The summed E-state index contributed by atoms with van der Waals surface area (Å²) in [5.41, 5.74) is 1.47. The summed E-state index contributed by atoms with van der Waals surface area (Å²) in [5, 5.41) is 20.5. The number of aryl methyl sites for hydroxylation is 1. The van der Waals surface area contributed by atoms with Gasteiger partial charge in [-0.2, -0.15) is 5.26 Å². The number of benzene rings is 1. The average Bonchev–Trinajstić information content (AvgIpc) is 3.02. The summed E-state index contributed by atoms with van der Waals surface area (Å²) < 4.78 is 6.67. The molecule has 1 fully saturated rings. The van der Waals surface area contributed by atoms with Crippen LogP contribution in [0.3, 0.4) is 0 Å². The van der Waals surface area contributed by atoms with E-state index in [1.54, 1.807) is 11.3 Å². The Balaban J connectivity index is 1.42. The van der Waals surface area contributed by atoms with E-state index in [1.807, 2.05) is 19.1 Å². The number of fused-ring (bicyclic) bond motifs is 1. The highest BCUT2D eigenvalue weighted by molar-refractivity contribution is 7.18. The van der Waals surface area contributed by atoms with Crippen molar-refractivity contribution < 1.29 is 9.21 Å². The fourth-order valence-corrected chi connectivity index (χ4v) is 3.61. The van der Waals surface area contributed by atoms with Crippen LogP contribution in [0.5, 0.6) is 0 Å². The van der Waals surface area contributed by atoms with Crippen molar-refractivity contribution in [3.8, 4) is 6.07 Å². The van der Waals surface area contributed by atoms with Crippen LogP contribution in [0.25, 0.3) is 10.2 Å². The van der Waals surface area contributed by atoms with Crippen LogP contribution in [0.1, 0.15) is 35.2 Å². The van der Waals surface area contributed by atoms with Crippen LogP contribution in [0, 0.1) is 18.3 Å². The molecule has 8 heteroatoms. The minimum atomic E-state index is -0.681. The molecule has 1 N–H and O–H groups in total. The number of nitrogens with zero attached hydrogens (tertiary/aromatic N) is 4. The molecule has 3 aromatic rings. The summed E-state index contributed by atoms with van der Waals surface area (Å²) in [4.78, 5) is 16.5. The zero-order chi connectivity index (χ0) is 17.4. The number of amides is 1. The van der Waals surface area contributed by atoms with E-state index in [9.17, 15) is 4.79 Å². The van der Waals surface area contributed by atoms with Gasteiger partial charge in [0.2, 0.25) is 17.7 Å². The Kier molecular flexibility index (Phi) is 3.73. The molecule has 0 atom stereocenters. The van der Waals surface area contributed by atoms with Crippen molar-refractivity contribution in [1.82, 2.24) is 20.5 Å². The summed E-state index contributed by atoms with van der Waals surface area (Å²) in [6.07, 6.45) is 1.81. The molecule has 2 aromatic heterocycles. The van der Waals surface area contributed by atoms with Gasteiger partial charge in [0.25, 0.3) is 0 Å². The van der Waals surface area contributed by atoms with Crippen LogP contribution in [-0.4, -0.2) is 26.6 Å². The third kappa shape index (κ3) is 3.37. The number of carbonyl (C=O) groups is 1. The van der Waals surface area contributed by atoms with Gasteiger partial charge in [-0.1, -0.05) is 6.07 Å². The largest absolute Gasteiger partial charge is 0.424 e. The molecule has 126 valence electrons. The lowest BCUT2D eigenvalue weighted by molar-refractivity contribution is -0.121. The van der Waals surface area contributed by atoms with Crippen molar-refractivity contribution in [3.63, 3.8) is 0 Å². The quantitative estimate of drug-likeness (QED) is 0.754. The van der Waals surface area contributed by atoms with Crippen LogP contribution < -0.4 is 5.32 Å². The van der Waals surface area contributed by atoms with Crippen LogP contribution in [0.2, 0.25) is 0 Å². The molecule has 0 spiro atoms. The fraction of sp³-hybridized carbons (Fsp3) is 0.353. The molecule has 1 saturated carbocycles. The van der Waals surface area contributed by atoms with Gasteiger partial charge in [0.05, 0.1) is 22.7 Å². The normalized spacial score (nSPS) is 15.0. The summed E-state index contributed by atoms with van der Waals surface area (Å²) in [6.45, 7) is 2.05. The molecule has 2 heterocycles. The Morgan fingerprint density at radius 1 is 1.40 bits per heavy atom. The smallest absolute Gasteiger partial charge is 0.230 e. The lowest BCUT2D eigenvalue weighted by Gasteiger charge is -2.06. The van der Waals surface area contributed by atoms with Gasteiger partial charge in [-0.25, -0.2) is 4.98 Å². The third-order valence-corrected chi connectivity index (χ3v) is 5.07. The zero-order valence-electron chi connectivity index (χ0n) is 13.6. The standard InChI is InChI=1S/C17H15N5O2S/c1-10-2-3-11-12(6-10)25-16(19-11)8-15-22-21-14(24-15)7-13(23)20-17(9-18)4-5-17/h2-3,6H,4-5,7-8H2,1H3,(H,20,23). The molecule has 0 unspecified atom stereocenters. The number of rotatable bonds is 5. The lowest BCUT2D eigenvalue weighted by atomic mass is 10.2. The average molecular weight is 353 g/mol. The minimum absolute atomic E-state index is 0.0184. The van der Waals surface area contributed by atoms with Crippen molar-refractivity contribution in [3.05, 3.63) is 40.6 Å². The number of nitrogens with one attached hydrogen (secondary N) is 1. The first-order valence-electron chi connectivity index (χ1n) is 7.95. The van der Waals surface area contributed by atoms with Gasteiger partial charge in [0.1, 0.15) is 17.0 Å². The van der Waals surface area contributed by atoms with Gasteiger partial charge in [-0.3, -0.25) is 4.79 Å². The highest BCUT2D eigenvalue weighted by atomic mass is 32.1. The van der Waals surface area contributed by atoms with Crippen molar-refractivity contribution >= 4 is 27.5 Å². The summed E-state index contributed by atoms with van der Waals surface area (Å²) in [6, 6.07) is 8.25. The molecular formula is C17H15N5O2S. The second kappa shape index (κ2) is 5.93. The number of aromatic nitrogens is 3. The van der Waals surface area contributed by atoms with Crippen LogP contribution in [-0.2, 0) is 17.6 Å². The van der Waals surface area contributed by atoms with Crippen LogP contribution >= 0.6 is 11.3 Å². The first-order valence-corrected chi connectivity index (χ1v) is 8.76. The van der Waals surface area contributed by atoms with E-state index in [0.29, 0.717) is 25.2 Å². The van der Waals surface area contributed by atoms with Gasteiger partial charge in [0, 0.05) is 0 Å². The molecule has 1 aliphatic carbocycles. The maximum Gasteiger partial charge on any atom is 0.230 e. The third-order valence-electron chi connectivity index (χ3n) is 4.05. The number of hydrogen-bond acceptors (Lipinski definition) is 7. The Labute approximate surface area is 147 Å². The topological polar surface area (TPSA) is 105 Å². The molecule has 0 bridgehead atoms. The van der Waals surface area contributed by atoms with Gasteiger partial charge >= 0.3 is 0 Å². The van der Waals surface area contributed by atoms with Crippen molar-refractivity contribution in [1.29, 1.82) is 5.26 Å². The molecule has 1 aliphatic rings. The van der Waals surface area contributed by atoms with E-state index in [2.05, 4.69) is 32.6 Å². The predicted octanol–water partition coefficient (Wildman–Crippen LogP) is 2.29. The molecule has 0 aliphatic heterocycles. The van der Waals surface area contributed by atoms with E-state index in [1.165, 1.54) is 5.56 Å². The molecule has 0 saturated heterocycles. The second-order valence-corrected chi connectivity index (χ2v) is 7.38. The van der Waals surface area contributed by atoms with Gasteiger partial charge < -0.3 is 9.73 Å². The highest BCUT2D eigenvalue weighted by Crippen LogP contribution is 2.34. The Morgan fingerprint density at radius 2 is 2.20 bits per heavy atom. The Morgan fingerprint density at radius 3 is 2.96 bits per heavy atom. The molecule has 25 heavy (non-hydrogen) atoms. The Hall–Kier alpha value is -2.79. The number of hydrogen-bond donors (Lipinski definition) is 1. The van der Waals surface area contributed by atoms with E-state index in [0.717, 1.165) is 15.2 Å². The molecule has 0 radical (unpaired) electrons. The summed E-state index contributed by atoms with van der Waals surface area (Å²) in [5.74, 6) is 0.405. The number of thiazole rings is 1. The maximum atomic E-state index is 11.9. The number of carbonyl (C=O) groups excluding carboxylic acids is 1. The zero-order valence-corrected chi connectivity index (χ0v) is 14.4. The van der Waals surface area contributed by atoms with E-state index >= 15 is 0 Å². The van der Waals surface area contributed by atoms with E-state index in [-0.39, 0.29) is 18.2 Å². The van der Waals surface area contributed by atoms with E-state index < -0.39 is 5.54 Å². The van der Waals surface area contributed by atoms with Crippen molar-refractivity contribution in [2.45, 2.75) is 38.1 Å². The van der Waals surface area contributed by atoms with Gasteiger partial charge in [-0.05, 0) is 37.5 Å². The van der Waals surface area contributed by atoms with Gasteiger partial charge in [0.15, 0.2) is 0 Å². The minimum Gasteiger partial charge on any atom is -0.424 e. The van der Waals surface area contributed by atoms with Crippen LogP contribution in [0.4, 0.5) is 0 Å². The lowest BCUT2D eigenvalue weighted by Crippen LogP contribution is -2.36. The molecular weight excluding hydrogens is 338 g/mol. The first kappa shape index (κ1) is 15.7. The van der Waals surface area contributed by atoms with Crippen LogP contribution in [0.15, 0.2) is 22.6 Å².